The Hall–Kier alpha value is -2.07. The number of aromatic nitrogens is 3. The number of aromatic amines is 2. The van der Waals surface area contributed by atoms with Crippen molar-refractivity contribution < 1.29 is 0 Å². The van der Waals surface area contributed by atoms with E-state index in [0.717, 1.165) is 47.9 Å². The molecule has 5 heteroatoms. The standard InChI is InChI=1S/C22H26ClN3O/c23-18-14-10-9-13-17(18)20-16-12-8-6-4-2-1-3-5-7-11-15(16)19-21(24-20)25-26-22(19)27/h9-10,13-14H,1-8,11-12H2,(H2,24,25,26,27). The van der Waals surface area contributed by atoms with E-state index in [1.807, 2.05) is 24.3 Å². The summed E-state index contributed by atoms with van der Waals surface area (Å²) in [7, 11) is 0. The summed E-state index contributed by atoms with van der Waals surface area (Å²) in [5, 5.41) is 7.13. The molecule has 0 saturated carbocycles. The lowest BCUT2D eigenvalue weighted by Crippen LogP contribution is -2.08. The van der Waals surface area contributed by atoms with Gasteiger partial charge in [-0.05, 0) is 42.9 Å². The molecule has 0 aliphatic heterocycles. The highest BCUT2D eigenvalue weighted by atomic mass is 35.5. The molecule has 3 aromatic rings. The Morgan fingerprint density at radius 1 is 0.815 bits per heavy atom. The average molecular weight is 384 g/mol. The molecule has 4 nitrogen and oxygen atoms in total. The smallest absolute Gasteiger partial charge is 0.273 e. The highest BCUT2D eigenvalue weighted by Gasteiger charge is 2.20. The van der Waals surface area contributed by atoms with Crippen LogP contribution in [0.5, 0.6) is 0 Å². The van der Waals surface area contributed by atoms with Crippen LogP contribution in [0.15, 0.2) is 29.1 Å². The van der Waals surface area contributed by atoms with Gasteiger partial charge in [-0.15, -0.1) is 0 Å². The van der Waals surface area contributed by atoms with Gasteiger partial charge in [0.25, 0.3) is 5.56 Å². The minimum atomic E-state index is -0.0634. The van der Waals surface area contributed by atoms with Crippen molar-refractivity contribution in [3.8, 4) is 11.3 Å². The summed E-state index contributed by atoms with van der Waals surface area (Å²) < 4.78 is 0. The number of H-pyrrole nitrogens is 2. The molecule has 1 aromatic carbocycles. The number of halogens is 1. The minimum absolute atomic E-state index is 0.0634. The fourth-order valence-corrected chi connectivity index (χ4v) is 4.50. The van der Waals surface area contributed by atoms with Gasteiger partial charge in [0, 0.05) is 10.6 Å². The molecule has 2 aromatic heterocycles. The lowest BCUT2D eigenvalue weighted by atomic mass is 9.90. The summed E-state index contributed by atoms with van der Waals surface area (Å²) in [4.78, 5) is 17.3. The quantitative estimate of drug-likeness (QED) is 0.558. The summed E-state index contributed by atoms with van der Waals surface area (Å²) in [5.41, 5.74) is 4.83. The van der Waals surface area contributed by atoms with Gasteiger partial charge in [-0.25, -0.2) is 4.98 Å². The third-order valence-corrected chi connectivity index (χ3v) is 6.00. The molecule has 0 atom stereocenters. The molecule has 2 N–H and O–H groups in total. The maximum Gasteiger partial charge on any atom is 0.273 e. The van der Waals surface area contributed by atoms with Gasteiger partial charge in [-0.1, -0.05) is 68.3 Å². The van der Waals surface area contributed by atoms with Crippen LogP contribution in [0, 0.1) is 0 Å². The van der Waals surface area contributed by atoms with Gasteiger partial charge >= 0.3 is 0 Å². The first-order valence-electron chi connectivity index (χ1n) is 10.1. The monoisotopic (exact) mass is 383 g/mol. The van der Waals surface area contributed by atoms with Crippen LogP contribution >= 0.6 is 11.6 Å². The number of benzene rings is 1. The van der Waals surface area contributed by atoms with E-state index in [-0.39, 0.29) is 5.56 Å². The van der Waals surface area contributed by atoms with E-state index in [1.54, 1.807) is 0 Å². The van der Waals surface area contributed by atoms with E-state index in [4.69, 9.17) is 16.6 Å². The van der Waals surface area contributed by atoms with Gasteiger partial charge in [0.2, 0.25) is 0 Å². The molecule has 2 heterocycles. The van der Waals surface area contributed by atoms with Crippen LogP contribution in [0.1, 0.15) is 62.5 Å². The highest BCUT2D eigenvalue weighted by Crippen LogP contribution is 2.34. The molecular weight excluding hydrogens is 358 g/mol. The number of nitrogens with one attached hydrogen (secondary N) is 2. The third-order valence-electron chi connectivity index (χ3n) is 5.67. The van der Waals surface area contributed by atoms with Gasteiger partial charge in [-0.2, -0.15) is 0 Å². The fraction of sp³-hybridized carbons (Fsp3) is 0.455. The Morgan fingerprint density at radius 3 is 2.15 bits per heavy atom. The topological polar surface area (TPSA) is 61.5 Å². The molecule has 4 rings (SSSR count). The summed E-state index contributed by atoms with van der Waals surface area (Å²) in [5.74, 6) is 0. The van der Waals surface area contributed by atoms with E-state index >= 15 is 0 Å². The predicted molar refractivity (Wildman–Crippen MR) is 112 cm³/mol. The van der Waals surface area contributed by atoms with Gasteiger partial charge in [0.1, 0.15) is 0 Å². The lowest BCUT2D eigenvalue weighted by Gasteiger charge is -2.17. The summed E-state index contributed by atoms with van der Waals surface area (Å²) in [6, 6.07) is 7.87. The van der Waals surface area contributed by atoms with Gasteiger partial charge in [0.05, 0.1) is 11.1 Å². The minimum Gasteiger partial charge on any atom is -0.281 e. The number of hydrogen-bond acceptors (Lipinski definition) is 2. The summed E-state index contributed by atoms with van der Waals surface area (Å²) in [6.07, 6.45) is 11.8. The second-order valence-electron chi connectivity index (χ2n) is 7.53. The van der Waals surface area contributed by atoms with Crippen molar-refractivity contribution in [3.05, 3.63) is 50.8 Å². The Bertz CT molecular complexity index is 989. The molecule has 0 fully saturated rings. The second-order valence-corrected chi connectivity index (χ2v) is 7.94. The zero-order chi connectivity index (χ0) is 18.6. The molecular formula is C22H26ClN3O. The van der Waals surface area contributed by atoms with Crippen molar-refractivity contribution in [3.63, 3.8) is 0 Å². The summed E-state index contributed by atoms with van der Waals surface area (Å²) >= 11 is 6.52. The molecule has 142 valence electrons. The first kappa shape index (κ1) is 18.3. The average Bonchev–Trinajstić information content (AvgIpc) is 3.03. The second kappa shape index (κ2) is 8.30. The van der Waals surface area contributed by atoms with Crippen LogP contribution in [0.4, 0.5) is 0 Å². The Morgan fingerprint density at radius 2 is 1.44 bits per heavy atom. The maximum atomic E-state index is 12.5. The number of nitrogens with zero attached hydrogens (tertiary/aromatic N) is 1. The van der Waals surface area contributed by atoms with Crippen molar-refractivity contribution in [2.45, 2.75) is 64.2 Å². The third kappa shape index (κ3) is 3.81. The normalized spacial score (nSPS) is 16.5. The van der Waals surface area contributed by atoms with Gasteiger partial charge < -0.3 is 0 Å². The van der Waals surface area contributed by atoms with E-state index in [1.165, 1.54) is 44.1 Å². The first-order valence-corrected chi connectivity index (χ1v) is 10.5. The maximum absolute atomic E-state index is 12.5. The largest absolute Gasteiger partial charge is 0.281 e. The van der Waals surface area contributed by atoms with E-state index in [9.17, 15) is 4.79 Å². The zero-order valence-corrected chi connectivity index (χ0v) is 16.4. The lowest BCUT2D eigenvalue weighted by molar-refractivity contribution is 0.560. The molecule has 1 aliphatic rings. The molecule has 1 aliphatic carbocycles. The first-order chi connectivity index (χ1) is 13.3. The zero-order valence-electron chi connectivity index (χ0n) is 15.6. The van der Waals surface area contributed by atoms with Crippen LogP contribution in [-0.2, 0) is 12.8 Å². The Balaban J connectivity index is 1.91. The van der Waals surface area contributed by atoms with Crippen LogP contribution in [0.2, 0.25) is 5.02 Å². The molecule has 0 spiro atoms. The number of aryl methyl sites for hydroxylation is 1. The van der Waals surface area contributed by atoms with Crippen LogP contribution in [0.3, 0.4) is 0 Å². The number of hydrogen-bond donors (Lipinski definition) is 2. The van der Waals surface area contributed by atoms with Crippen LogP contribution in [-0.4, -0.2) is 15.2 Å². The van der Waals surface area contributed by atoms with Crippen molar-refractivity contribution in [1.29, 1.82) is 0 Å². The van der Waals surface area contributed by atoms with Crippen molar-refractivity contribution in [2.75, 3.05) is 0 Å². The molecule has 0 bridgehead atoms. The van der Waals surface area contributed by atoms with E-state index in [2.05, 4.69) is 10.2 Å². The van der Waals surface area contributed by atoms with Crippen molar-refractivity contribution >= 4 is 22.6 Å². The van der Waals surface area contributed by atoms with Crippen molar-refractivity contribution in [2.24, 2.45) is 0 Å². The number of rotatable bonds is 1. The van der Waals surface area contributed by atoms with Crippen LogP contribution in [0.25, 0.3) is 22.3 Å². The number of fused-ring (bicyclic) bond motifs is 3. The van der Waals surface area contributed by atoms with E-state index in [0.29, 0.717) is 10.7 Å². The molecule has 0 amide bonds. The molecule has 0 saturated heterocycles. The SMILES string of the molecule is O=c1[nH][nH]c2nc(-c3ccccc3Cl)c3c(c12)CCCCCCCCCC3. The molecule has 27 heavy (non-hydrogen) atoms. The van der Waals surface area contributed by atoms with Crippen LogP contribution < -0.4 is 5.56 Å². The van der Waals surface area contributed by atoms with E-state index < -0.39 is 0 Å². The molecule has 0 radical (unpaired) electrons. The van der Waals surface area contributed by atoms with Gasteiger partial charge in [-0.3, -0.25) is 15.0 Å². The highest BCUT2D eigenvalue weighted by molar-refractivity contribution is 6.33. The van der Waals surface area contributed by atoms with Gasteiger partial charge in [0.15, 0.2) is 5.65 Å². The number of pyridine rings is 1. The summed E-state index contributed by atoms with van der Waals surface area (Å²) in [6.45, 7) is 0. The Labute approximate surface area is 164 Å². The Kier molecular flexibility index (Phi) is 5.63. The van der Waals surface area contributed by atoms with Crippen molar-refractivity contribution in [1.82, 2.24) is 15.2 Å². The fourth-order valence-electron chi connectivity index (χ4n) is 4.27. The predicted octanol–water partition coefficient (Wildman–Crippen LogP) is 5.79. The molecule has 0 unspecified atom stereocenters.